The van der Waals surface area contributed by atoms with Crippen LogP contribution in [0.5, 0.6) is 5.75 Å². The number of hydrogen-bond donors (Lipinski definition) is 0. The van der Waals surface area contributed by atoms with E-state index in [2.05, 4.69) is 11.7 Å². The average Bonchev–Trinajstić information content (AvgIpc) is 2.39. The van der Waals surface area contributed by atoms with Crippen molar-refractivity contribution in [2.45, 2.75) is 32.4 Å². The predicted octanol–water partition coefficient (Wildman–Crippen LogP) is 4.05. The van der Waals surface area contributed by atoms with Crippen molar-refractivity contribution in [3.63, 3.8) is 0 Å². The second-order valence-electron chi connectivity index (χ2n) is 4.77. The molecule has 20 heavy (non-hydrogen) atoms. The Morgan fingerprint density at radius 3 is 2.25 bits per heavy atom. The van der Waals surface area contributed by atoms with Crippen molar-refractivity contribution in [2.75, 3.05) is 13.2 Å². The number of rotatable bonds is 4. The van der Waals surface area contributed by atoms with Gasteiger partial charge in [-0.2, -0.15) is 0 Å². The van der Waals surface area contributed by atoms with Crippen LogP contribution in [0, 0.1) is 5.92 Å². The summed E-state index contributed by atoms with van der Waals surface area (Å²) in [5.41, 5.74) is 0.689. The Balaban J connectivity index is 1.91. The summed E-state index contributed by atoms with van der Waals surface area (Å²) in [5, 5.41) is 0. The predicted molar refractivity (Wildman–Crippen MR) is 66.2 cm³/mol. The molecule has 0 atom stereocenters. The summed E-state index contributed by atoms with van der Waals surface area (Å²) in [6.07, 6.45) is -3.06. The van der Waals surface area contributed by atoms with E-state index in [9.17, 15) is 13.2 Å². The van der Waals surface area contributed by atoms with Gasteiger partial charge in [0.05, 0.1) is 13.2 Å². The highest BCUT2D eigenvalue weighted by atomic mass is 19.4. The van der Waals surface area contributed by atoms with Crippen molar-refractivity contribution in [3.05, 3.63) is 29.8 Å². The minimum absolute atomic E-state index is 0.249. The van der Waals surface area contributed by atoms with Gasteiger partial charge in [0.2, 0.25) is 0 Å². The van der Waals surface area contributed by atoms with Crippen molar-refractivity contribution in [1.82, 2.24) is 0 Å². The van der Waals surface area contributed by atoms with Crippen LogP contribution in [0.3, 0.4) is 0 Å². The summed E-state index contributed by atoms with van der Waals surface area (Å²) in [7, 11) is 0. The fraction of sp³-hybridized carbons (Fsp3) is 0.571. The number of hydrogen-bond acceptors (Lipinski definition) is 3. The van der Waals surface area contributed by atoms with Crippen LogP contribution in [0.4, 0.5) is 13.2 Å². The molecule has 0 spiro atoms. The third-order valence-corrected chi connectivity index (χ3v) is 3.05. The van der Waals surface area contributed by atoms with E-state index in [1.807, 2.05) is 0 Å². The van der Waals surface area contributed by atoms with E-state index in [0.717, 1.165) is 12.8 Å². The number of benzene rings is 1. The number of ether oxygens (including phenoxy) is 3. The summed E-state index contributed by atoms with van der Waals surface area (Å²) < 4.78 is 51.1. The van der Waals surface area contributed by atoms with Gasteiger partial charge in [0.25, 0.3) is 0 Å². The van der Waals surface area contributed by atoms with Crippen LogP contribution in [0.1, 0.15) is 31.6 Å². The molecule has 3 nitrogen and oxygen atoms in total. The third kappa shape index (κ3) is 4.38. The molecule has 2 rings (SSSR count). The minimum Gasteiger partial charge on any atom is -0.406 e. The number of halogens is 3. The van der Waals surface area contributed by atoms with Crippen LogP contribution < -0.4 is 4.74 Å². The van der Waals surface area contributed by atoms with E-state index in [4.69, 9.17) is 9.47 Å². The lowest BCUT2D eigenvalue weighted by molar-refractivity contribution is -0.274. The van der Waals surface area contributed by atoms with Crippen molar-refractivity contribution in [1.29, 1.82) is 0 Å². The van der Waals surface area contributed by atoms with E-state index in [1.54, 1.807) is 0 Å². The lowest BCUT2D eigenvalue weighted by Crippen LogP contribution is -2.27. The van der Waals surface area contributed by atoms with Gasteiger partial charge in [-0.25, -0.2) is 0 Å². The molecular formula is C14H17F3O3. The molecule has 0 aromatic heterocycles. The van der Waals surface area contributed by atoms with Gasteiger partial charge in [-0.3, -0.25) is 0 Å². The lowest BCUT2D eigenvalue weighted by Gasteiger charge is -2.29. The highest BCUT2D eigenvalue weighted by Crippen LogP contribution is 2.29. The molecule has 0 aliphatic carbocycles. The summed E-state index contributed by atoms with van der Waals surface area (Å²) in [6, 6.07) is 5.55. The monoisotopic (exact) mass is 290 g/mol. The maximum absolute atomic E-state index is 12.0. The average molecular weight is 290 g/mol. The molecule has 0 saturated carbocycles. The van der Waals surface area contributed by atoms with Crippen LogP contribution in [0.25, 0.3) is 0 Å². The van der Waals surface area contributed by atoms with Crippen LogP contribution in [-0.2, 0) is 9.47 Å². The van der Waals surface area contributed by atoms with E-state index in [-0.39, 0.29) is 5.75 Å². The van der Waals surface area contributed by atoms with Crippen molar-refractivity contribution >= 4 is 0 Å². The quantitative estimate of drug-likeness (QED) is 0.837. The highest BCUT2D eigenvalue weighted by Gasteiger charge is 2.31. The maximum Gasteiger partial charge on any atom is 0.573 e. The second-order valence-corrected chi connectivity index (χ2v) is 4.77. The molecule has 1 aromatic carbocycles. The van der Waals surface area contributed by atoms with Crippen LogP contribution in [0.2, 0.25) is 0 Å². The van der Waals surface area contributed by atoms with Gasteiger partial charge < -0.3 is 14.2 Å². The molecule has 0 N–H and O–H groups in total. The molecule has 1 aromatic rings. The molecule has 0 radical (unpaired) electrons. The molecule has 1 heterocycles. The molecular weight excluding hydrogens is 273 g/mol. The van der Waals surface area contributed by atoms with E-state index < -0.39 is 12.7 Å². The first kappa shape index (κ1) is 15.1. The molecule has 0 unspecified atom stereocenters. The Morgan fingerprint density at radius 1 is 1.15 bits per heavy atom. The Morgan fingerprint density at radius 2 is 1.75 bits per heavy atom. The summed E-state index contributed by atoms with van der Waals surface area (Å²) in [6.45, 7) is 3.32. The zero-order chi connectivity index (χ0) is 14.6. The minimum atomic E-state index is -4.67. The molecule has 1 aliphatic rings. The first-order valence-corrected chi connectivity index (χ1v) is 6.57. The molecule has 1 saturated heterocycles. The largest absolute Gasteiger partial charge is 0.573 e. The van der Waals surface area contributed by atoms with Gasteiger partial charge in [-0.15, -0.1) is 13.2 Å². The van der Waals surface area contributed by atoms with Gasteiger partial charge in [0, 0.05) is 11.5 Å². The van der Waals surface area contributed by atoms with E-state index >= 15 is 0 Å². The Bertz CT molecular complexity index is 409. The molecule has 0 amide bonds. The fourth-order valence-electron chi connectivity index (χ4n) is 2.14. The van der Waals surface area contributed by atoms with Crippen molar-refractivity contribution < 1.29 is 27.4 Å². The van der Waals surface area contributed by atoms with Crippen molar-refractivity contribution in [3.8, 4) is 5.75 Å². The van der Waals surface area contributed by atoms with Gasteiger partial charge >= 0.3 is 6.36 Å². The normalized spacial score (nSPS) is 23.6. The first-order chi connectivity index (χ1) is 9.48. The van der Waals surface area contributed by atoms with Crippen LogP contribution in [0.15, 0.2) is 24.3 Å². The topological polar surface area (TPSA) is 27.7 Å². The molecule has 112 valence electrons. The Hall–Kier alpha value is -1.27. The molecule has 1 fully saturated rings. The van der Waals surface area contributed by atoms with E-state index in [0.29, 0.717) is 24.7 Å². The lowest BCUT2D eigenvalue weighted by atomic mass is 10.1. The standard InChI is InChI=1S/C14H17F3O3/c1-2-3-10-8-18-13(19-9-10)11-4-6-12(7-5-11)20-14(15,16)17/h4-7,10,13H,2-3,8-9H2,1H3. The molecule has 0 bridgehead atoms. The number of alkyl halides is 3. The van der Waals surface area contributed by atoms with Gasteiger partial charge in [-0.05, 0) is 18.6 Å². The summed E-state index contributed by atoms with van der Waals surface area (Å²) in [4.78, 5) is 0. The van der Waals surface area contributed by atoms with E-state index in [1.165, 1.54) is 24.3 Å². The van der Waals surface area contributed by atoms with Gasteiger partial charge in [0.1, 0.15) is 5.75 Å². The maximum atomic E-state index is 12.0. The van der Waals surface area contributed by atoms with Crippen LogP contribution in [-0.4, -0.2) is 19.6 Å². The zero-order valence-corrected chi connectivity index (χ0v) is 11.2. The Kier molecular flexibility index (Phi) is 4.88. The summed E-state index contributed by atoms with van der Waals surface area (Å²) >= 11 is 0. The smallest absolute Gasteiger partial charge is 0.406 e. The van der Waals surface area contributed by atoms with Crippen molar-refractivity contribution in [2.24, 2.45) is 5.92 Å². The SMILES string of the molecule is CCCC1COC(c2ccc(OC(F)(F)F)cc2)OC1. The van der Waals surface area contributed by atoms with Crippen LogP contribution >= 0.6 is 0 Å². The van der Waals surface area contributed by atoms with Gasteiger partial charge in [-0.1, -0.05) is 25.5 Å². The summed E-state index contributed by atoms with van der Waals surface area (Å²) in [5.74, 6) is 0.144. The fourth-order valence-corrected chi connectivity index (χ4v) is 2.14. The third-order valence-electron chi connectivity index (χ3n) is 3.05. The van der Waals surface area contributed by atoms with Gasteiger partial charge in [0.15, 0.2) is 6.29 Å². The first-order valence-electron chi connectivity index (χ1n) is 6.57. The second kappa shape index (κ2) is 6.45. The zero-order valence-electron chi connectivity index (χ0n) is 11.2. The molecule has 1 aliphatic heterocycles. The Labute approximate surface area is 115 Å². The molecule has 6 heteroatoms. The highest BCUT2D eigenvalue weighted by molar-refractivity contribution is 5.28.